The van der Waals surface area contributed by atoms with Crippen molar-refractivity contribution >= 4 is 5.91 Å². The first-order valence-electron chi connectivity index (χ1n) is 6.31. The highest BCUT2D eigenvalue weighted by Gasteiger charge is 2.28. The van der Waals surface area contributed by atoms with Gasteiger partial charge < -0.3 is 10.6 Å². The fourth-order valence-electron chi connectivity index (χ4n) is 2.66. The predicted molar refractivity (Wildman–Crippen MR) is 60.4 cm³/mol. The molecule has 1 saturated heterocycles. The first-order chi connectivity index (χ1) is 7.31. The smallest absolute Gasteiger partial charge is 0.222 e. The summed E-state index contributed by atoms with van der Waals surface area (Å²) in [4.78, 5) is 13.9. The number of nitrogens with two attached hydrogens (primary N) is 1. The van der Waals surface area contributed by atoms with Gasteiger partial charge in [0.15, 0.2) is 0 Å². The molecule has 2 fully saturated rings. The van der Waals surface area contributed by atoms with Gasteiger partial charge in [0.1, 0.15) is 0 Å². The van der Waals surface area contributed by atoms with Gasteiger partial charge in [-0.25, -0.2) is 0 Å². The highest BCUT2D eigenvalue weighted by atomic mass is 16.2. The zero-order valence-corrected chi connectivity index (χ0v) is 9.45. The molecule has 1 aliphatic carbocycles. The molecular formula is C12H22N2O. The van der Waals surface area contributed by atoms with Crippen LogP contribution in [0.1, 0.15) is 44.9 Å². The number of carbonyl (C=O) groups is 1. The van der Waals surface area contributed by atoms with Crippen LogP contribution in [0.15, 0.2) is 0 Å². The number of hydrogen-bond acceptors (Lipinski definition) is 2. The van der Waals surface area contributed by atoms with Crippen LogP contribution >= 0.6 is 0 Å². The van der Waals surface area contributed by atoms with Crippen molar-refractivity contribution in [2.45, 2.75) is 51.0 Å². The monoisotopic (exact) mass is 210 g/mol. The summed E-state index contributed by atoms with van der Waals surface area (Å²) >= 11 is 0. The van der Waals surface area contributed by atoms with Gasteiger partial charge in [-0.15, -0.1) is 0 Å². The second-order valence-corrected chi connectivity index (χ2v) is 4.95. The molecule has 3 nitrogen and oxygen atoms in total. The molecule has 1 aliphatic heterocycles. The van der Waals surface area contributed by atoms with E-state index >= 15 is 0 Å². The molecule has 0 aromatic rings. The molecule has 86 valence electrons. The van der Waals surface area contributed by atoms with Crippen LogP contribution in [0.3, 0.4) is 0 Å². The fraction of sp³-hybridized carbons (Fsp3) is 0.917. The first-order valence-corrected chi connectivity index (χ1v) is 6.31. The lowest BCUT2D eigenvalue weighted by molar-refractivity contribution is -0.132. The SMILES string of the molecule is NCC1CCCN1C(=O)CCC1CCC1. The molecule has 1 atom stereocenters. The number of nitrogens with zero attached hydrogens (tertiary/aromatic N) is 1. The first kappa shape index (κ1) is 10.9. The van der Waals surface area contributed by atoms with Crippen LogP contribution in [0.25, 0.3) is 0 Å². The van der Waals surface area contributed by atoms with Crippen molar-refractivity contribution in [1.82, 2.24) is 4.90 Å². The van der Waals surface area contributed by atoms with E-state index in [1.54, 1.807) is 0 Å². The average Bonchev–Trinajstić information content (AvgIpc) is 2.62. The second-order valence-electron chi connectivity index (χ2n) is 4.95. The number of amides is 1. The molecule has 1 saturated carbocycles. The van der Waals surface area contributed by atoms with Crippen molar-refractivity contribution in [3.05, 3.63) is 0 Å². The third kappa shape index (κ3) is 2.51. The summed E-state index contributed by atoms with van der Waals surface area (Å²) in [5, 5.41) is 0. The van der Waals surface area contributed by atoms with Crippen LogP contribution < -0.4 is 5.73 Å². The van der Waals surface area contributed by atoms with E-state index in [9.17, 15) is 4.79 Å². The zero-order chi connectivity index (χ0) is 10.7. The Balaban J connectivity index is 1.73. The highest BCUT2D eigenvalue weighted by molar-refractivity contribution is 5.76. The van der Waals surface area contributed by atoms with Crippen LogP contribution in [-0.4, -0.2) is 29.9 Å². The lowest BCUT2D eigenvalue weighted by Crippen LogP contribution is -2.40. The van der Waals surface area contributed by atoms with Crippen LogP contribution in [0, 0.1) is 5.92 Å². The van der Waals surface area contributed by atoms with E-state index in [4.69, 9.17) is 5.73 Å². The fourth-order valence-corrected chi connectivity index (χ4v) is 2.66. The van der Waals surface area contributed by atoms with Gasteiger partial charge in [0.2, 0.25) is 5.91 Å². The van der Waals surface area contributed by atoms with Crippen molar-refractivity contribution < 1.29 is 4.79 Å². The van der Waals surface area contributed by atoms with Crippen molar-refractivity contribution in [2.24, 2.45) is 11.7 Å². The summed E-state index contributed by atoms with van der Waals surface area (Å²) < 4.78 is 0. The quantitative estimate of drug-likeness (QED) is 0.764. The molecule has 15 heavy (non-hydrogen) atoms. The van der Waals surface area contributed by atoms with Crippen LogP contribution in [0.5, 0.6) is 0 Å². The molecule has 0 spiro atoms. The van der Waals surface area contributed by atoms with Crippen LogP contribution in [0.2, 0.25) is 0 Å². The van der Waals surface area contributed by atoms with E-state index in [2.05, 4.69) is 0 Å². The molecule has 2 rings (SSSR count). The van der Waals surface area contributed by atoms with Gasteiger partial charge in [-0.3, -0.25) is 4.79 Å². The third-order valence-electron chi connectivity index (χ3n) is 3.96. The minimum absolute atomic E-state index is 0.332. The van der Waals surface area contributed by atoms with Gasteiger partial charge in [0.05, 0.1) is 0 Å². The Bertz CT molecular complexity index is 226. The van der Waals surface area contributed by atoms with Crippen molar-refractivity contribution in [2.75, 3.05) is 13.1 Å². The minimum atomic E-state index is 0.332. The number of rotatable bonds is 4. The molecule has 0 bridgehead atoms. The molecule has 3 heteroatoms. The van der Waals surface area contributed by atoms with Crippen molar-refractivity contribution in [3.63, 3.8) is 0 Å². The van der Waals surface area contributed by atoms with Gasteiger partial charge in [-0.2, -0.15) is 0 Å². The molecule has 0 aromatic heterocycles. The Morgan fingerprint density at radius 3 is 2.67 bits per heavy atom. The van der Waals surface area contributed by atoms with Crippen molar-refractivity contribution in [1.29, 1.82) is 0 Å². The minimum Gasteiger partial charge on any atom is -0.338 e. The lowest BCUT2D eigenvalue weighted by atomic mass is 9.82. The maximum Gasteiger partial charge on any atom is 0.222 e. The number of likely N-dealkylation sites (tertiary alicyclic amines) is 1. The van der Waals surface area contributed by atoms with E-state index < -0.39 is 0 Å². The third-order valence-corrected chi connectivity index (χ3v) is 3.96. The van der Waals surface area contributed by atoms with Crippen molar-refractivity contribution in [3.8, 4) is 0 Å². The molecule has 1 unspecified atom stereocenters. The summed E-state index contributed by atoms with van der Waals surface area (Å²) in [5.41, 5.74) is 5.66. The Kier molecular flexibility index (Phi) is 3.62. The zero-order valence-electron chi connectivity index (χ0n) is 9.45. The summed E-state index contributed by atoms with van der Waals surface area (Å²) in [6, 6.07) is 0.332. The topological polar surface area (TPSA) is 46.3 Å². The Labute approximate surface area is 92.0 Å². The maximum absolute atomic E-state index is 11.9. The summed E-state index contributed by atoms with van der Waals surface area (Å²) in [5.74, 6) is 1.18. The molecule has 2 N–H and O–H groups in total. The summed E-state index contributed by atoms with van der Waals surface area (Å²) in [7, 11) is 0. The molecule has 1 amide bonds. The summed E-state index contributed by atoms with van der Waals surface area (Å²) in [6.07, 6.45) is 8.14. The van der Waals surface area contributed by atoms with Gasteiger partial charge in [0, 0.05) is 25.6 Å². The second kappa shape index (κ2) is 4.97. The number of hydrogen-bond donors (Lipinski definition) is 1. The maximum atomic E-state index is 11.9. The predicted octanol–water partition coefficient (Wildman–Crippen LogP) is 1.52. The van der Waals surface area contributed by atoms with Gasteiger partial charge in [-0.05, 0) is 25.2 Å². The molecule has 2 aliphatic rings. The van der Waals surface area contributed by atoms with E-state index in [0.29, 0.717) is 18.5 Å². The molecule has 1 heterocycles. The largest absolute Gasteiger partial charge is 0.338 e. The van der Waals surface area contributed by atoms with E-state index in [-0.39, 0.29) is 0 Å². The molecule has 0 radical (unpaired) electrons. The summed E-state index contributed by atoms with van der Waals surface area (Å²) in [6.45, 7) is 1.57. The molecule has 0 aromatic carbocycles. The van der Waals surface area contributed by atoms with Crippen LogP contribution in [-0.2, 0) is 4.79 Å². The Morgan fingerprint density at radius 1 is 1.27 bits per heavy atom. The van der Waals surface area contributed by atoms with Gasteiger partial charge in [-0.1, -0.05) is 19.3 Å². The standard InChI is InChI=1S/C12H22N2O/c13-9-11-5-2-8-14(11)12(15)7-6-10-3-1-4-10/h10-11H,1-9,13H2. The van der Waals surface area contributed by atoms with Crippen LogP contribution in [0.4, 0.5) is 0 Å². The van der Waals surface area contributed by atoms with Gasteiger partial charge >= 0.3 is 0 Å². The molecular weight excluding hydrogens is 188 g/mol. The van der Waals surface area contributed by atoms with E-state index in [1.165, 1.54) is 19.3 Å². The number of carbonyl (C=O) groups excluding carboxylic acids is 1. The lowest BCUT2D eigenvalue weighted by Gasteiger charge is -2.27. The average molecular weight is 210 g/mol. The van der Waals surface area contributed by atoms with E-state index in [0.717, 1.165) is 38.1 Å². The Morgan fingerprint density at radius 2 is 2.07 bits per heavy atom. The normalized spacial score (nSPS) is 26.7. The van der Waals surface area contributed by atoms with E-state index in [1.807, 2.05) is 4.90 Å². The van der Waals surface area contributed by atoms with Gasteiger partial charge in [0.25, 0.3) is 0 Å². The Hall–Kier alpha value is -0.570. The highest BCUT2D eigenvalue weighted by Crippen LogP contribution is 2.31.